The van der Waals surface area contributed by atoms with Crippen molar-refractivity contribution in [2.24, 2.45) is 16.5 Å². The van der Waals surface area contributed by atoms with Crippen molar-refractivity contribution >= 4 is 39.7 Å². The molecule has 0 unspecified atom stereocenters. The molecule has 1 atom stereocenters. The van der Waals surface area contributed by atoms with Gasteiger partial charge in [0, 0.05) is 13.5 Å². The Hall–Kier alpha value is -3.74. The van der Waals surface area contributed by atoms with Crippen LogP contribution in [0.1, 0.15) is 31.2 Å². The van der Waals surface area contributed by atoms with E-state index < -0.39 is 39.0 Å². The minimum absolute atomic E-state index is 0.108. The molecule has 0 aliphatic heterocycles. The van der Waals surface area contributed by atoms with E-state index in [1.807, 2.05) is 0 Å². The first-order valence-corrected chi connectivity index (χ1v) is 11.6. The highest BCUT2D eigenvalue weighted by Gasteiger charge is 2.29. The van der Waals surface area contributed by atoms with E-state index in [0.717, 1.165) is 4.90 Å². The third-order valence-electron chi connectivity index (χ3n) is 4.48. The number of rotatable bonds is 11. The molecule has 0 aliphatic rings. The molecular formula is C20H27N7O5S. The summed E-state index contributed by atoms with van der Waals surface area (Å²) in [6.07, 6.45) is 1.03. The van der Waals surface area contributed by atoms with Crippen molar-refractivity contribution < 1.29 is 18.0 Å². The lowest BCUT2D eigenvalue weighted by atomic mass is 10.1. The second-order valence-corrected chi connectivity index (χ2v) is 8.96. The summed E-state index contributed by atoms with van der Waals surface area (Å²) < 4.78 is 27.8. The van der Waals surface area contributed by atoms with Gasteiger partial charge >= 0.3 is 0 Å². The fraction of sp³-hybridized carbons (Fsp3) is 0.350. The van der Waals surface area contributed by atoms with Gasteiger partial charge in [-0.1, -0.05) is 30.3 Å². The molecule has 1 aromatic heterocycles. The predicted octanol–water partition coefficient (Wildman–Crippen LogP) is -0.00578. The fourth-order valence-electron chi connectivity index (χ4n) is 3.13. The molecule has 0 spiro atoms. The van der Waals surface area contributed by atoms with Gasteiger partial charge in [-0.05, 0) is 25.3 Å². The Morgan fingerprint density at radius 2 is 1.97 bits per heavy atom. The van der Waals surface area contributed by atoms with Crippen LogP contribution in [0.4, 0.5) is 11.5 Å². The first-order chi connectivity index (χ1) is 15.5. The Morgan fingerprint density at radius 3 is 2.55 bits per heavy atom. The number of aromatic amines is 1. The summed E-state index contributed by atoms with van der Waals surface area (Å²) in [6, 6.07) is 7.34. The van der Waals surface area contributed by atoms with Gasteiger partial charge in [-0.3, -0.25) is 24.2 Å². The van der Waals surface area contributed by atoms with Crippen molar-refractivity contribution in [3.8, 4) is 0 Å². The summed E-state index contributed by atoms with van der Waals surface area (Å²) in [6.45, 7) is 2.88. The molecule has 1 heterocycles. The molecule has 0 aliphatic carbocycles. The van der Waals surface area contributed by atoms with Gasteiger partial charge in [-0.2, -0.15) is 0 Å². The van der Waals surface area contributed by atoms with E-state index in [1.165, 1.54) is 13.8 Å². The molecule has 2 aromatic rings. The first kappa shape index (κ1) is 25.5. The van der Waals surface area contributed by atoms with E-state index in [1.54, 1.807) is 30.3 Å². The Morgan fingerprint density at radius 1 is 1.30 bits per heavy atom. The number of amides is 1. The third-order valence-corrected chi connectivity index (χ3v) is 5.71. The number of carbonyl (C=O) groups is 2. The van der Waals surface area contributed by atoms with Gasteiger partial charge in [0.1, 0.15) is 12.1 Å². The van der Waals surface area contributed by atoms with Gasteiger partial charge in [0.15, 0.2) is 17.5 Å². The van der Waals surface area contributed by atoms with Crippen molar-refractivity contribution in [2.45, 2.75) is 38.5 Å². The number of H-pyrrole nitrogens is 1. The Kier molecular flexibility index (Phi) is 8.68. The molecule has 2 rings (SSSR count). The lowest BCUT2D eigenvalue weighted by Gasteiger charge is -2.28. The number of carbonyl (C=O) groups excluding carboxylic acids is 2. The molecule has 6 N–H and O–H groups in total. The molecular weight excluding hydrogens is 450 g/mol. The van der Waals surface area contributed by atoms with Crippen LogP contribution in [-0.4, -0.2) is 49.1 Å². The first-order valence-electron chi connectivity index (χ1n) is 10.00. The zero-order valence-electron chi connectivity index (χ0n) is 18.3. The van der Waals surface area contributed by atoms with E-state index in [4.69, 9.17) is 11.5 Å². The minimum Gasteiger partial charge on any atom is -0.370 e. The van der Waals surface area contributed by atoms with Gasteiger partial charge < -0.3 is 21.2 Å². The maximum atomic E-state index is 12.8. The largest absolute Gasteiger partial charge is 0.370 e. The van der Waals surface area contributed by atoms with Gasteiger partial charge in [-0.15, -0.1) is 0 Å². The molecule has 1 aromatic carbocycles. The van der Waals surface area contributed by atoms with Crippen LogP contribution in [0.25, 0.3) is 0 Å². The molecule has 178 valence electrons. The molecule has 0 radical (unpaired) electrons. The summed E-state index contributed by atoms with van der Waals surface area (Å²) in [5, 5.41) is 0. The fourth-order valence-corrected chi connectivity index (χ4v) is 4.33. The Bertz CT molecular complexity index is 1180. The van der Waals surface area contributed by atoms with Crippen LogP contribution in [-0.2, 0) is 25.4 Å². The topological polar surface area (TPSA) is 194 Å². The molecule has 0 bridgehead atoms. The van der Waals surface area contributed by atoms with Crippen molar-refractivity contribution in [1.29, 1.82) is 0 Å². The number of hydrogen-bond acceptors (Lipinski definition) is 7. The normalized spacial score (nSPS) is 11.9. The highest BCUT2D eigenvalue weighted by molar-refractivity contribution is 7.91. The van der Waals surface area contributed by atoms with Crippen LogP contribution in [0.3, 0.4) is 0 Å². The lowest BCUT2D eigenvalue weighted by molar-refractivity contribution is -0.119. The SMILES string of the molecule is CC(=O)N(c1nc(C)[nH]c(=O)c1NS(=O)(=O)Cc1ccccc1)[C@H](C=O)CCCN=C(N)N. The van der Waals surface area contributed by atoms with E-state index in [2.05, 4.69) is 19.7 Å². The number of anilines is 2. The Labute approximate surface area is 191 Å². The number of aromatic nitrogens is 2. The van der Waals surface area contributed by atoms with Gasteiger partial charge in [0.2, 0.25) is 15.9 Å². The van der Waals surface area contributed by atoms with E-state index in [9.17, 15) is 22.8 Å². The monoisotopic (exact) mass is 477 g/mol. The molecule has 33 heavy (non-hydrogen) atoms. The number of benzene rings is 1. The summed E-state index contributed by atoms with van der Waals surface area (Å²) >= 11 is 0. The van der Waals surface area contributed by atoms with Crippen LogP contribution in [0.2, 0.25) is 0 Å². The van der Waals surface area contributed by atoms with Crippen molar-refractivity contribution in [3.05, 3.63) is 52.1 Å². The summed E-state index contributed by atoms with van der Waals surface area (Å²) in [4.78, 5) is 48.4. The molecule has 13 heteroatoms. The second-order valence-electron chi connectivity index (χ2n) is 7.24. The van der Waals surface area contributed by atoms with Crippen molar-refractivity contribution in [3.63, 3.8) is 0 Å². The van der Waals surface area contributed by atoms with Crippen LogP contribution in [0, 0.1) is 6.92 Å². The van der Waals surface area contributed by atoms with Gasteiger partial charge in [0.25, 0.3) is 5.56 Å². The average molecular weight is 478 g/mol. The Balaban J connectivity index is 2.44. The number of aldehydes is 1. The minimum atomic E-state index is -4.05. The second kappa shape index (κ2) is 11.2. The predicted molar refractivity (Wildman–Crippen MR) is 125 cm³/mol. The summed E-state index contributed by atoms with van der Waals surface area (Å²) in [7, 11) is -4.05. The summed E-state index contributed by atoms with van der Waals surface area (Å²) in [5.41, 5.74) is 9.82. The lowest BCUT2D eigenvalue weighted by Crippen LogP contribution is -2.42. The number of nitrogens with one attached hydrogen (secondary N) is 2. The van der Waals surface area contributed by atoms with E-state index >= 15 is 0 Å². The van der Waals surface area contributed by atoms with Crippen LogP contribution < -0.4 is 26.6 Å². The average Bonchev–Trinajstić information content (AvgIpc) is 2.72. The van der Waals surface area contributed by atoms with Gasteiger partial charge in [0.05, 0.1) is 11.8 Å². The van der Waals surface area contributed by atoms with Crippen LogP contribution in [0.15, 0.2) is 40.1 Å². The molecule has 0 saturated carbocycles. The number of aliphatic imine (C=N–C) groups is 1. The number of hydrogen-bond donors (Lipinski definition) is 4. The zero-order valence-corrected chi connectivity index (χ0v) is 19.1. The van der Waals surface area contributed by atoms with Crippen LogP contribution >= 0.6 is 0 Å². The highest BCUT2D eigenvalue weighted by atomic mass is 32.2. The number of nitrogens with zero attached hydrogens (tertiary/aromatic N) is 3. The number of sulfonamides is 1. The molecule has 0 fully saturated rings. The summed E-state index contributed by atoms with van der Waals surface area (Å²) in [5.74, 6) is -1.24. The highest BCUT2D eigenvalue weighted by Crippen LogP contribution is 2.25. The maximum absolute atomic E-state index is 12.8. The maximum Gasteiger partial charge on any atom is 0.277 e. The number of aryl methyl sites for hydroxylation is 1. The molecule has 12 nitrogen and oxygen atoms in total. The quantitative estimate of drug-likeness (QED) is 0.150. The van der Waals surface area contributed by atoms with Crippen molar-refractivity contribution in [1.82, 2.24) is 9.97 Å². The van der Waals surface area contributed by atoms with E-state index in [0.29, 0.717) is 18.3 Å². The standard InChI is InChI=1S/C20H27N7O5S/c1-13-24-18(27(14(2)29)16(11-28)9-6-10-23-20(21)22)17(19(30)25-13)26-33(31,32)12-15-7-4-3-5-8-15/h3-5,7-8,11,16,26H,6,9-10,12H2,1-2H3,(H4,21,22,23)(H,24,25,30)/t16-/m0/s1. The van der Waals surface area contributed by atoms with Crippen LogP contribution in [0.5, 0.6) is 0 Å². The third kappa shape index (κ3) is 7.42. The van der Waals surface area contributed by atoms with Gasteiger partial charge in [-0.25, -0.2) is 13.4 Å². The smallest absolute Gasteiger partial charge is 0.277 e. The van der Waals surface area contributed by atoms with Crippen molar-refractivity contribution in [2.75, 3.05) is 16.2 Å². The molecule has 0 saturated heterocycles. The number of nitrogens with two attached hydrogens (primary N) is 2. The zero-order chi connectivity index (χ0) is 24.6. The molecule has 1 amide bonds. The van der Waals surface area contributed by atoms with E-state index in [-0.39, 0.29) is 30.6 Å². The number of guanidine groups is 1.